The van der Waals surface area contributed by atoms with Crippen molar-refractivity contribution in [3.63, 3.8) is 0 Å². The Labute approximate surface area is 95.1 Å². The van der Waals surface area contributed by atoms with Crippen LogP contribution in [0.1, 0.15) is 12.0 Å². The van der Waals surface area contributed by atoms with Gasteiger partial charge in [-0.15, -0.1) is 0 Å². The van der Waals surface area contributed by atoms with Gasteiger partial charge in [-0.2, -0.15) is 0 Å². The van der Waals surface area contributed by atoms with Gasteiger partial charge in [0.15, 0.2) is 0 Å². The first-order chi connectivity index (χ1) is 7.45. The normalized spacial score (nSPS) is 21.2. The van der Waals surface area contributed by atoms with Gasteiger partial charge in [-0.25, -0.2) is 0 Å². The molecule has 2 N–H and O–H groups in total. The fraction of sp³-hybridized carbons (Fsp3) is 0.333. The minimum Gasteiger partial charge on any atom is -0.293 e. The van der Waals surface area contributed by atoms with Crippen LogP contribution >= 0.6 is 11.8 Å². The van der Waals surface area contributed by atoms with Crippen LogP contribution in [0, 0.1) is 0 Å². The van der Waals surface area contributed by atoms with Crippen LogP contribution in [0.15, 0.2) is 41.8 Å². The fourth-order valence-electron chi connectivity index (χ4n) is 1.47. The monoisotopic (exact) mass is 220 g/mol. The molecule has 3 heteroatoms. The van der Waals surface area contributed by atoms with Gasteiger partial charge in [0, 0.05) is 13.1 Å². The quantitative estimate of drug-likeness (QED) is 0.817. The van der Waals surface area contributed by atoms with Crippen molar-refractivity contribution in [2.75, 3.05) is 6.54 Å². The van der Waals surface area contributed by atoms with Crippen LogP contribution < -0.4 is 10.6 Å². The lowest BCUT2D eigenvalue weighted by Gasteiger charge is -2.16. The van der Waals surface area contributed by atoms with Gasteiger partial charge < -0.3 is 0 Å². The van der Waals surface area contributed by atoms with Crippen molar-refractivity contribution in [3.05, 3.63) is 47.4 Å². The number of hydrogen-bond donors (Lipinski definition) is 2. The van der Waals surface area contributed by atoms with Crippen molar-refractivity contribution in [3.8, 4) is 0 Å². The first kappa shape index (κ1) is 10.7. The second kappa shape index (κ2) is 5.95. The maximum absolute atomic E-state index is 3.48. The number of thioether (sulfide) groups is 1. The van der Waals surface area contributed by atoms with Crippen molar-refractivity contribution in [1.82, 2.24) is 10.6 Å². The van der Waals surface area contributed by atoms with E-state index in [1.165, 1.54) is 5.56 Å². The Balaban J connectivity index is 1.80. The van der Waals surface area contributed by atoms with Crippen molar-refractivity contribution in [2.45, 2.75) is 18.5 Å². The summed E-state index contributed by atoms with van der Waals surface area (Å²) in [5.74, 6) is 0. The molecule has 0 radical (unpaired) electrons. The number of hydrogen-bond acceptors (Lipinski definition) is 3. The molecule has 0 aromatic heterocycles. The zero-order chi connectivity index (χ0) is 10.3. The van der Waals surface area contributed by atoms with Crippen molar-refractivity contribution >= 4 is 11.8 Å². The smallest absolute Gasteiger partial charge is 0.110 e. The maximum Gasteiger partial charge on any atom is 0.110 e. The van der Waals surface area contributed by atoms with E-state index in [-0.39, 0.29) is 0 Å². The van der Waals surface area contributed by atoms with E-state index in [2.05, 4.69) is 46.4 Å². The van der Waals surface area contributed by atoms with E-state index >= 15 is 0 Å². The van der Waals surface area contributed by atoms with Gasteiger partial charge in [0.2, 0.25) is 0 Å². The van der Waals surface area contributed by atoms with E-state index in [9.17, 15) is 0 Å². The molecule has 1 atom stereocenters. The zero-order valence-electron chi connectivity index (χ0n) is 8.65. The fourth-order valence-corrected chi connectivity index (χ4v) is 2.27. The summed E-state index contributed by atoms with van der Waals surface area (Å²) in [7, 11) is 0. The Hall–Kier alpha value is -0.770. The van der Waals surface area contributed by atoms with Crippen molar-refractivity contribution in [1.29, 1.82) is 0 Å². The summed E-state index contributed by atoms with van der Waals surface area (Å²) in [6.45, 7) is 1.97. The zero-order valence-corrected chi connectivity index (χ0v) is 9.46. The molecule has 0 spiro atoms. The third-order valence-corrected chi connectivity index (χ3v) is 3.24. The van der Waals surface area contributed by atoms with E-state index in [1.807, 2.05) is 6.07 Å². The van der Waals surface area contributed by atoms with Crippen LogP contribution in [-0.4, -0.2) is 12.0 Å². The summed E-state index contributed by atoms with van der Waals surface area (Å²) < 4.78 is 0. The Kier molecular flexibility index (Phi) is 4.26. The third-order valence-electron chi connectivity index (χ3n) is 2.29. The highest BCUT2D eigenvalue weighted by atomic mass is 32.2. The minimum atomic E-state index is 0.337. The van der Waals surface area contributed by atoms with Gasteiger partial charge in [0.25, 0.3) is 0 Å². The third kappa shape index (κ3) is 3.70. The molecule has 80 valence electrons. The Morgan fingerprint density at radius 2 is 2.20 bits per heavy atom. The standard InChI is InChI=1S/C12H16N2S/c1-2-6-11(7-3-1)10-14-12-13-8-4-5-9-15-12/h1-3,5-7,9,12-14H,4,8,10H2. The van der Waals surface area contributed by atoms with Crippen LogP contribution in [0.4, 0.5) is 0 Å². The van der Waals surface area contributed by atoms with Crippen molar-refractivity contribution in [2.24, 2.45) is 0 Å². The molecule has 1 aliphatic rings. The summed E-state index contributed by atoms with van der Waals surface area (Å²) >= 11 is 1.80. The highest BCUT2D eigenvalue weighted by Gasteiger charge is 2.07. The Morgan fingerprint density at radius 1 is 1.33 bits per heavy atom. The van der Waals surface area contributed by atoms with Gasteiger partial charge in [-0.1, -0.05) is 48.2 Å². The molecule has 1 aromatic rings. The molecular weight excluding hydrogens is 204 g/mol. The van der Waals surface area contributed by atoms with E-state index < -0.39 is 0 Å². The minimum absolute atomic E-state index is 0.337. The molecule has 0 saturated heterocycles. The molecule has 1 unspecified atom stereocenters. The van der Waals surface area contributed by atoms with Crippen molar-refractivity contribution < 1.29 is 0 Å². The molecule has 1 heterocycles. The molecule has 0 bridgehead atoms. The van der Waals surface area contributed by atoms with Crippen LogP contribution in [0.2, 0.25) is 0 Å². The predicted molar refractivity (Wildman–Crippen MR) is 66.4 cm³/mol. The highest BCUT2D eigenvalue weighted by molar-refractivity contribution is 8.02. The largest absolute Gasteiger partial charge is 0.293 e. The molecule has 1 aliphatic heterocycles. The first-order valence-corrected chi connectivity index (χ1v) is 6.20. The van der Waals surface area contributed by atoms with Crippen LogP contribution in [0.3, 0.4) is 0 Å². The molecule has 2 rings (SSSR count). The van der Waals surface area contributed by atoms with E-state index in [0.29, 0.717) is 5.50 Å². The average molecular weight is 220 g/mol. The molecule has 2 nitrogen and oxygen atoms in total. The van der Waals surface area contributed by atoms with Gasteiger partial charge in [0.05, 0.1) is 0 Å². The first-order valence-electron chi connectivity index (χ1n) is 5.26. The molecule has 0 fully saturated rings. The molecule has 15 heavy (non-hydrogen) atoms. The summed E-state index contributed by atoms with van der Waals surface area (Å²) in [5.41, 5.74) is 1.66. The summed E-state index contributed by atoms with van der Waals surface area (Å²) in [4.78, 5) is 0. The lowest BCUT2D eigenvalue weighted by molar-refractivity contribution is 0.550. The number of nitrogens with one attached hydrogen (secondary N) is 2. The maximum atomic E-state index is 3.48. The van der Waals surface area contributed by atoms with Gasteiger partial charge in [-0.05, 0) is 17.4 Å². The molecule has 0 aliphatic carbocycles. The lowest BCUT2D eigenvalue weighted by atomic mass is 10.2. The highest BCUT2D eigenvalue weighted by Crippen LogP contribution is 2.11. The predicted octanol–water partition coefficient (Wildman–Crippen LogP) is 2.30. The topological polar surface area (TPSA) is 24.1 Å². The second-order valence-corrected chi connectivity index (χ2v) is 4.51. The number of rotatable bonds is 3. The molecule has 0 amide bonds. The van der Waals surface area contributed by atoms with Crippen LogP contribution in [-0.2, 0) is 6.54 Å². The summed E-state index contributed by atoms with van der Waals surface area (Å²) in [6.07, 6.45) is 3.33. The SMILES string of the molecule is C1=CSC(NCc2ccccc2)NCC1. The van der Waals surface area contributed by atoms with E-state index in [4.69, 9.17) is 0 Å². The van der Waals surface area contributed by atoms with E-state index in [0.717, 1.165) is 19.5 Å². The molecule has 1 aromatic carbocycles. The average Bonchev–Trinajstić information content (AvgIpc) is 2.56. The van der Waals surface area contributed by atoms with Gasteiger partial charge >= 0.3 is 0 Å². The van der Waals surface area contributed by atoms with E-state index in [1.54, 1.807) is 11.8 Å². The van der Waals surface area contributed by atoms with Gasteiger partial charge in [-0.3, -0.25) is 10.6 Å². The second-order valence-electron chi connectivity index (χ2n) is 3.50. The molecular formula is C12H16N2S. The van der Waals surface area contributed by atoms with Gasteiger partial charge in [0.1, 0.15) is 5.50 Å². The Bertz CT molecular complexity index is 311. The summed E-state index contributed by atoms with van der Waals surface area (Å²) in [5, 5.41) is 9.09. The van der Waals surface area contributed by atoms with Crippen LogP contribution in [0.25, 0.3) is 0 Å². The molecule has 0 saturated carbocycles. The van der Waals surface area contributed by atoms with Crippen LogP contribution in [0.5, 0.6) is 0 Å². The Morgan fingerprint density at radius 3 is 3.07 bits per heavy atom. The summed E-state index contributed by atoms with van der Waals surface area (Å²) in [6, 6.07) is 10.5. The number of benzene rings is 1. The lowest BCUT2D eigenvalue weighted by Crippen LogP contribution is -2.38.